The Balaban J connectivity index is 1.58. The summed E-state index contributed by atoms with van der Waals surface area (Å²) < 4.78 is 43.5. The molecular weight excluding hydrogens is 295 g/mol. The number of ether oxygens (including phenoxy) is 1. The summed E-state index contributed by atoms with van der Waals surface area (Å²) in [7, 11) is 0. The van der Waals surface area contributed by atoms with Gasteiger partial charge < -0.3 is 10.1 Å². The lowest BCUT2D eigenvalue weighted by Gasteiger charge is -2.31. The molecule has 3 rings (SSSR count). The molecule has 1 unspecified atom stereocenters. The zero-order valence-corrected chi connectivity index (χ0v) is 12.3. The van der Waals surface area contributed by atoms with Crippen molar-refractivity contribution in [3.05, 3.63) is 23.9 Å². The molecule has 3 heterocycles. The number of nitrogens with one attached hydrogen (secondary N) is 1. The Morgan fingerprint density at radius 1 is 1.23 bits per heavy atom. The number of pyridine rings is 1. The second kappa shape index (κ2) is 6.42. The van der Waals surface area contributed by atoms with Crippen LogP contribution < -0.4 is 5.32 Å². The van der Waals surface area contributed by atoms with E-state index >= 15 is 0 Å². The summed E-state index contributed by atoms with van der Waals surface area (Å²) >= 11 is 0. The average molecular weight is 315 g/mol. The average Bonchev–Trinajstić information content (AvgIpc) is 2.96. The van der Waals surface area contributed by atoms with Gasteiger partial charge in [0.15, 0.2) is 0 Å². The van der Waals surface area contributed by atoms with Gasteiger partial charge >= 0.3 is 6.18 Å². The van der Waals surface area contributed by atoms with Crippen molar-refractivity contribution in [1.82, 2.24) is 9.88 Å². The van der Waals surface area contributed by atoms with E-state index in [-0.39, 0.29) is 6.04 Å². The van der Waals surface area contributed by atoms with E-state index in [2.05, 4.69) is 15.2 Å². The first-order valence-electron chi connectivity index (χ1n) is 7.64. The molecule has 1 aromatic rings. The Labute approximate surface area is 127 Å². The first-order chi connectivity index (χ1) is 10.5. The second-order valence-corrected chi connectivity index (χ2v) is 5.90. The predicted octanol–water partition coefficient (Wildman–Crippen LogP) is 2.77. The second-order valence-electron chi connectivity index (χ2n) is 5.90. The lowest BCUT2D eigenvalue weighted by Crippen LogP contribution is -2.39. The Hall–Kier alpha value is -1.34. The van der Waals surface area contributed by atoms with Crippen molar-refractivity contribution in [1.29, 1.82) is 0 Å². The maximum Gasteiger partial charge on any atom is 0.416 e. The molecule has 2 fully saturated rings. The summed E-state index contributed by atoms with van der Waals surface area (Å²) in [5.41, 5.74) is -0.663. The Bertz CT molecular complexity index is 503. The number of halogens is 3. The van der Waals surface area contributed by atoms with Crippen LogP contribution in [0.25, 0.3) is 0 Å². The fourth-order valence-electron chi connectivity index (χ4n) is 3.18. The molecule has 0 saturated carbocycles. The molecule has 4 nitrogen and oxygen atoms in total. The number of anilines is 1. The molecule has 0 bridgehead atoms. The molecule has 7 heteroatoms. The van der Waals surface area contributed by atoms with Crippen molar-refractivity contribution >= 4 is 5.82 Å². The molecule has 2 aliphatic rings. The molecule has 1 aromatic heterocycles. The zero-order chi connectivity index (χ0) is 15.6. The fraction of sp³-hybridized carbons (Fsp3) is 0.667. The van der Waals surface area contributed by atoms with Crippen molar-refractivity contribution in [3.63, 3.8) is 0 Å². The molecule has 1 atom stereocenters. The van der Waals surface area contributed by atoms with Crippen molar-refractivity contribution in [3.8, 4) is 0 Å². The Morgan fingerprint density at radius 2 is 2.00 bits per heavy atom. The van der Waals surface area contributed by atoms with E-state index in [1.165, 1.54) is 6.20 Å². The van der Waals surface area contributed by atoms with Gasteiger partial charge in [-0.15, -0.1) is 0 Å². The van der Waals surface area contributed by atoms with Crippen LogP contribution in [0.5, 0.6) is 0 Å². The summed E-state index contributed by atoms with van der Waals surface area (Å²) in [5.74, 6) is 0.300. The highest BCUT2D eigenvalue weighted by molar-refractivity contribution is 5.39. The van der Waals surface area contributed by atoms with Gasteiger partial charge in [-0.2, -0.15) is 13.2 Å². The smallest absolute Gasteiger partial charge is 0.381 e. The van der Waals surface area contributed by atoms with Crippen LogP contribution in [0.1, 0.15) is 24.8 Å². The molecule has 22 heavy (non-hydrogen) atoms. The number of likely N-dealkylation sites (tertiary alicyclic amines) is 1. The van der Waals surface area contributed by atoms with Gasteiger partial charge in [0.05, 0.1) is 5.56 Å². The number of aromatic nitrogens is 1. The highest BCUT2D eigenvalue weighted by atomic mass is 19.4. The lowest BCUT2D eigenvalue weighted by molar-refractivity contribution is -0.137. The van der Waals surface area contributed by atoms with E-state index in [4.69, 9.17) is 4.74 Å². The molecule has 0 aliphatic carbocycles. The van der Waals surface area contributed by atoms with E-state index < -0.39 is 11.7 Å². The quantitative estimate of drug-likeness (QED) is 0.931. The van der Waals surface area contributed by atoms with E-state index in [0.717, 1.165) is 57.7 Å². The van der Waals surface area contributed by atoms with Gasteiger partial charge in [0, 0.05) is 44.6 Å². The molecule has 122 valence electrons. The summed E-state index contributed by atoms with van der Waals surface area (Å²) in [4.78, 5) is 6.41. The monoisotopic (exact) mass is 315 g/mol. The van der Waals surface area contributed by atoms with E-state index in [1.54, 1.807) is 0 Å². The number of rotatable bonds is 3. The largest absolute Gasteiger partial charge is 0.416 e. The van der Waals surface area contributed by atoms with Gasteiger partial charge in [0.2, 0.25) is 0 Å². The normalized spacial score (nSPS) is 24.6. The van der Waals surface area contributed by atoms with Crippen LogP contribution in [0, 0.1) is 0 Å². The van der Waals surface area contributed by atoms with Crippen LogP contribution in [0.15, 0.2) is 18.3 Å². The lowest BCUT2D eigenvalue weighted by atomic mass is 10.1. The van der Waals surface area contributed by atoms with Gasteiger partial charge in [0.1, 0.15) is 5.82 Å². The van der Waals surface area contributed by atoms with Crippen LogP contribution in [0.4, 0.5) is 19.0 Å². The third-order valence-corrected chi connectivity index (χ3v) is 4.37. The molecule has 0 spiro atoms. The van der Waals surface area contributed by atoms with Crippen molar-refractivity contribution in [2.45, 2.75) is 37.5 Å². The van der Waals surface area contributed by atoms with Crippen LogP contribution in [-0.4, -0.2) is 48.3 Å². The van der Waals surface area contributed by atoms with Crippen LogP contribution >= 0.6 is 0 Å². The highest BCUT2D eigenvalue weighted by Crippen LogP contribution is 2.30. The minimum atomic E-state index is -4.33. The van der Waals surface area contributed by atoms with Crippen LogP contribution in [0.3, 0.4) is 0 Å². The third-order valence-electron chi connectivity index (χ3n) is 4.37. The SMILES string of the molecule is FC(F)(F)c1ccnc(NC2CCN(C3CCOCC3)C2)c1. The van der Waals surface area contributed by atoms with Crippen LogP contribution in [0.2, 0.25) is 0 Å². The van der Waals surface area contributed by atoms with Gasteiger partial charge in [-0.25, -0.2) is 4.98 Å². The summed E-state index contributed by atoms with van der Waals surface area (Å²) in [6.07, 6.45) is -0.127. The molecule has 0 aromatic carbocycles. The Kier molecular flexibility index (Phi) is 4.54. The predicted molar refractivity (Wildman–Crippen MR) is 76.7 cm³/mol. The van der Waals surface area contributed by atoms with Gasteiger partial charge in [-0.3, -0.25) is 4.90 Å². The van der Waals surface area contributed by atoms with E-state index in [1.807, 2.05) is 0 Å². The minimum Gasteiger partial charge on any atom is -0.381 e. The maximum atomic E-state index is 12.7. The van der Waals surface area contributed by atoms with E-state index in [9.17, 15) is 13.2 Å². The number of nitrogens with zero attached hydrogens (tertiary/aromatic N) is 2. The molecular formula is C15H20F3N3O. The first kappa shape index (κ1) is 15.6. The standard InChI is InChI=1S/C15H20F3N3O/c16-15(17,18)11-1-5-19-14(9-11)20-12-2-6-21(10-12)13-3-7-22-8-4-13/h1,5,9,12-13H,2-4,6-8,10H2,(H,19,20). The number of hydrogen-bond donors (Lipinski definition) is 1. The van der Waals surface area contributed by atoms with Gasteiger partial charge in [0.25, 0.3) is 0 Å². The van der Waals surface area contributed by atoms with Crippen LogP contribution in [-0.2, 0) is 10.9 Å². The fourth-order valence-corrected chi connectivity index (χ4v) is 3.18. The molecule has 2 aliphatic heterocycles. The van der Waals surface area contributed by atoms with Crippen molar-refractivity contribution < 1.29 is 17.9 Å². The maximum absolute atomic E-state index is 12.7. The molecule has 1 N–H and O–H groups in total. The number of alkyl halides is 3. The summed E-state index contributed by atoms with van der Waals surface area (Å²) in [6.45, 7) is 3.42. The molecule has 0 radical (unpaired) electrons. The molecule has 2 saturated heterocycles. The topological polar surface area (TPSA) is 37.4 Å². The summed E-state index contributed by atoms with van der Waals surface area (Å²) in [5, 5.41) is 3.14. The minimum absolute atomic E-state index is 0.152. The van der Waals surface area contributed by atoms with Gasteiger partial charge in [-0.1, -0.05) is 0 Å². The zero-order valence-electron chi connectivity index (χ0n) is 12.3. The molecule has 0 amide bonds. The number of hydrogen-bond acceptors (Lipinski definition) is 4. The van der Waals surface area contributed by atoms with E-state index in [0.29, 0.717) is 11.9 Å². The first-order valence-corrected chi connectivity index (χ1v) is 7.64. The van der Waals surface area contributed by atoms with Gasteiger partial charge in [-0.05, 0) is 31.4 Å². The summed E-state index contributed by atoms with van der Waals surface area (Å²) in [6, 6.07) is 2.76. The van der Waals surface area contributed by atoms with Crippen molar-refractivity contribution in [2.75, 3.05) is 31.6 Å². The third kappa shape index (κ3) is 3.70. The van der Waals surface area contributed by atoms with Crippen molar-refractivity contribution in [2.24, 2.45) is 0 Å². The Morgan fingerprint density at radius 3 is 2.73 bits per heavy atom. The highest BCUT2D eigenvalue weighted by Gasteiger charge is 2.32.